The lowest BCUT2D eigenvalue weighted by molar-refractivity contribution is -0.132. The zero-order valence-electron chi connectivity index (χ0n) is 14.3. The van der Waals surface area contributed by atoms with E-state index in [1.165, 1.54) is 6.20 Å². The molecule has 1 atom stereocenters. The second-order valence-electron chi connectivity index (χ2n) is 6.32. The maximum Gasteiger partial charge on any atom is 0.252 e. The Morgan fingerprint density at radius 1 is 1.28 bits per heavy atom. The summed E-state index contributed by atoms with van der Waals surface area (Å²) in [6, 6.07) is 9.87. The highest BCUT2D eigenvalue weighted by atomic mass is 16.2. The number of carbonyl (C=O) groups is 2. The monoisotopic (exact) mass is 338 g/mol. The Kier molecular flexibility index (Phi) is 5.07. The fourth-order valence-corrected chi connectivity index (χ4v) is 3.26. The van der Waals surface area contributed by atoms with Crippen LogP contribution >= 0.6 is 0 Å². The van der Waals surface area contributed by atoms with Crippen LogP contribution in [-0.2, 0) is 11.2 Å². The molecule has 0 bridgehead atoms. The van der Waals surface area contributed by atoms with Gasteiger partial charge in [0.1, 0.15) is 0 Å². The molecule has 3 rings (SSSR count). The molecule has 0 saturated carbocycles. The highest BCUT2D eigenvalue weighted by Crippen LogP contribution is 2.30. The molecule has 6 heteroatoms. The number of rotatable bonds is 5. The van der Waals surface area contributed by atoms with Gasteiger partial charge in [-0.05, 0) is 31.7 Å². The average molecular weight is 338 g/mol. The van der Waals surface area contributed by atoms with Crippen LogP contribution in [-0.4, -0.2) is 33.2 Å². The zero-order chi connectivity index (χ0) is 17.8. The predicted octanol–water partition coefficient (Wildman–Crippen LogP) is 2.18. The molecule has 1 fully saturated rings. The third-order valence-electron chi connectivity index (χ3n) is 4.60. The van der Waals surface area contributed by atoms with Gasteiger partial charge < -0.3 is 10.6 Å². The lowest BCUT2D eigenvalue weighted by Crippen LogP contribution is -2.32. The second-order valence-corrected chi connectivity index (χ2v) is 6.32. The van der Waals surface area contributed by atoms with Crippen molar-refractivity contribution in [2.24, 2.45) is 5.73 Å². The van der Waals surface area contributed by atoms with Crippen molar-refractivity contribution in [3.05, 3.63) is 59.2 Å². The number of aryl methyl sites for hydroxylation is 2. The molecule has 130 valence electrons. The lowest BCUT2D eigenvalue weighted by Gasteiger charge is -2.24. The van der Waals surface area contributed by atoms with E-state index in [-0.39, 0.29) is 11.9 Å². The number of hydrogen-bond donors (Lipinski definition) is 1. The van der Waals surface area contributed by atoms with Crippen LogP contribution in [0.1, 0.15) is 52.7 Å². The molecular formula is C19H22N4O2. The maximum atomic E-state index is 12.7. The first-order valence-corrected chi connectivity index (χ1v) is 8.53. The van der Waals surface area contributed by atoms with E-state index in [9.17, 15) is 9.59 Å². The van der Waals surface area contributed by atoms with E-state index in [0.29, 0.717) is 23.5 Å². The molecule has 6 nitrogen and oxygen atoms in total. The van der Waals surface area contributed by atoms with Crippen molar-refractivity contribution in [1.29, 1.82) is 0 Å². The van der Waals surface area contributed by atoms with Crippen molar-refractivity contribution in [3.8, 4) is 0 Å². The van der Waals surface area contributed by atoms with Crippen molar-refractivity contribution >= 4 is 11.8 Å². The standard InChI is InChI=1S/C19H22N4O2/c1-13-15(18(20)25)12-21-19(22-13)16-8-5-11-23(16)17(24)10-9-14-6-3-2-4-7-14/h2-4,6-7,12,16H,5,8-11H2,1H3,(H2,20,25)/t16-/m1/s1. The van der Waals surface area contributed by atoms with E-state index in [0.717, 1.165) is 31.4 Å². The van der Waals surface area contributed by atoms with Gasteiger partial charge in [0.05, 0.1) is 17.3 Å². The van der Waals surface area contributed by atoms with Gasteiger partial charge in [-0.3, -0.25) is 9.59 Å². The molecule has 1 saturated heterocycles. The molecule has 0 spiro atoms. The van der Waals surface area contributed by atoms with E-state index in [1.807, 2.05) is 35.2 Å². The molecule has 2 aromatic rings. The zero-order valence-corrected chi connectivity index (χ0v) is 14.3. The van der Waals surface area contributed by atoms with Crippen molar-refractivity contribution < 1.29 is 9.59 Å². The highest BCUT2D eigenvalue weighted by molar-refractivity contribution is 5.93. The van der Waals surface area contributed by atoms with Crippen LogP contribution in [0.15, 0.2) is 36.5 Å². The minimum Gasteiger partial charge on any atom is -0.365 e. The predicted molar refractivity (Wildman–Crippen MR) is 93.7 cm³/mol. The minimum atomic E-state index is -0.536. The smallest absolute Gasteiger partial charge is 0.252 e. The van der Waals surface area contributed by atoms with E-state index < -0.39 is 5.91 Å². The highest BCUT2D eigenvalue weighted by Gasteiger charge is 2.32. The molecule has 2 N–H and O–H groups in total. The van der Waals surface area contributed by atoms with E-state index in [4.69, 9.17) is 5.73 Å². The number of nitrogens with zero attached hydrogens (tertiary/aromatic N) is 3. The summed E-state index contributed by atoms with van der Waals surface area (Å²) in [6.45, 7) is 2.46. The second kappa shape index (κ2) is 7.42. The number of amides is 2. The van der Waals surface area contributed by atoms with Crippen LogP contribution in [0.5, 0.6) is 0 Å². The summed E-state index contributed by atoms with van der Waals surface area (Å²) < 4.78 is 0. The third-order valence-corrected chi connectivity index (χ3v) is 4.60. The number of likely N-dealkylation sites (tertiary alicyclic amines) is 1. The summed E-state index contributed by atoms with van der Waals surface area (Å²) in [7, 11) is 0. The molecule has 2 amide bonds. The molecule has 1 aliphatic heterocycles. The van der Waals surface area contributed by atoms with Crippen LogP contribution in [0, 0.1) is 6.92 Å². The SMILES string of the molecule is Cc1nc([C@H]2CCCN2C(=O)CCc2ccccc2)ncc1C(N)=O. The molecule has 1 aromatic heterocycles. The number of benzene rings is 1. The van der Waals surface area contributed by atoms with Gasteiger partial charge in [0.15, 0.2) is 5.82 Å². The first-order valence-electron chi connectivity index (χ1n) is 8.53. The molecule has 0 unspecified atom stereocenters. The fourth-order valence-electron chi connectivity index (χ4n) is 3.26. The fraction of sp³-hybridized carbons (Fsp3) is 0.368. The summed E-state index contributed by atoms with van der Waals surface area (Å²) in [5.41, 5.74) is 7.34. The van der Waals surface area contributed by atoms with Crippen molar-refractivity contribution in [2.45, 2.75) is 38.6 Å². The van der Waals surface area contributed by atoms with E-state index in [2.05, 4.69) is 9.97 Å². The van der Waals surface area contributed by atoms with Gasteiger partial charge in [0.25, 0.3) is 5.91 Å². The quantitative estimate of drug-likeness (QED) is 0.905. The van der Waals surface area contributed by atoms with Crippen LogP contribution in [0.2, 0.25) is 0 Å². The van der Waals surface area contributed by atoms with Gasteiger partial charge in [-0.2, -0.15) is 0 Å². The van der Waals surface area contributed by atoms with Crippen molar-refractivity contribution in [1.82, 2.24) is 14.9 Å². The Labute approximate surface area is 147 Å². The largest absolute Gasteiger partial charge is 0.365 e. The Bertz CT molecular complexity index is 776. The Morgan fingerprint density at radius 2 is 2.04 bits per heavy atom. The topological polar surface area (TPSA) is 89.2 Å². The van der Waals surface area contributed by atoms with Crippen LogP contribution in [0.3, 0.4) is 0 Å². The number of primary amides is 1. The summed E-state index contributed by atoms with van der Waals surface area (Å²) in [5, 5.41) is 0. The van der Waals surface area contributed by atoms with Gasteiger partial charge >= 0.3 is 0 Å². The van der Waals surface area contributed by atoms with Gasteiger partial charge in [-0.25, -0.2) is 9.97 Å². The number of nitrogens with two attached hydrogens (primary N) is 1. The van der Waals surface area contributed by atoms with Crippen molar-refractivity contribution in [2.75, 3.05) is 6.54 Å². The van der Waals surface area contributed by atoms with Gasteiger partial charge in [-0.15, -0.1) is 0 Å². The Morgan fingerprint density at radius 3 is 2.72 bits per heavy atom. The summed E-state index contributed by atoms with van der Waals surface area (Å²) in [5.74, 6) is 0.172. The molecule has 1 aromatic carbocycles. The maximum absolute atomic E-state index is 12.7. The average Bonchev–Trinajstić information content (AvgIpc) is 3.10. The third kappa shape index (κ3) is 3.84. The summed E-state index contributed by atoms with van der Waals surface area (Å²) in [4.78, 5) is 34.6. The number of carbonyl (C=O) groups excluding carboxylic acids is 2. The molecule has 2 heterocycles. The Hall–Kier alpha value is -2.76. The van der Waals surface area contributed by atoms with Gasteiger partial charge in [-0.1, -0.05) is 30.3 Å². The van der Waals surface area contributed by atoms with Crippen LogP contribution in [0.25, 0.3) is 0 Å². The normalized spacial score (nSPS) is 16.8. The van der Waals surface area contributed by atoms with Gasteiger partial charge in [0.2, 0.25) is 5.91 Å². The Balaban J connectivity index is 1.70. The van der Waals surface area contributed by atoms with Crippen LogP contribution < -0.4 is 5.73 Å². The number of aromatic nitrogens is 2. The summed E-state index contributed by atoms with van der Waals surface area (Å²) >= 11 is 0. The molecule has 25 heavy (non-hydrogen) atoms. The van der Waals surface area contributed by atoms with E-state index in [1.54, 1.807) is 6.92 Å². The number of hydrogen-bond acceptors (Lipinski definition) is 4. The van der Waals surface area contributed by atoms with Crippen molar-refractivity contribution in [3.63, 3.8) is 0 Å². The van der Waals surface area contributed by atoms with Crippen LogP contribution in [0.4, 0.5) is 0 Å². The molecule has 0 radical (unpaired) electrons. The molecular weight excluding hydrogens is 316 g/mol. The summed E-state index contributed by atoms with van der Waals surface area (Å²) in [6.07, 6.45) is 4.43. The molecule has 1 aliphatic rings. The first-order chi connectivity index (χ1) is 12.1. The first kappa shape index (κ1) is 17.1. The van der Waals surface area contributed by atoms with E-state index >= 15 is 0 Å². The van der Waals surface area contributed by atoms with Gasteiger partial charge in [0, 0.05) is 19.2 Å². The molecule has 0 aliphatic carbocycles. The minimum absolute atomic E-state index is 0.117. The lowest BCUT2D eigenvalue weighted by atomic mass is 10.1.